The molecule has 1 saturated carbocycles. The molecule has 2 aliphatic heterocycles. The van der Waals surface area contributed by atoms with E-state index < -0.39 is 11.4 Å². The number of amides is 3. The van der Waals surface area contributed by atoms with Crippen molar-refractivity contribution in [1.82, 2.24) is 15.1 Å². The lowest BCUT2D eigenvalue weighted by Gasteiger charge is -2.34. The van der Waals surface area contributed by atoms with Gasteiger partial charge in [-0.15, -0.1) is 0 Å². The smallest absolute Gasteiger partial charge is 0.317 e. The first-order chi connectivity index (χ1) is 11.8. The number of hydrogen-bond acceptors (Lipinski definition) is 3. The van der Waals surface area contributed by atoms with Gasteiger partial charge in [0.05, 0.1) is 5.41 Å². The quantitative estimate of drug-likeness (QED) is 0.807. The molecule has 2 heterocycles. The molecule has 7 nitrogen and oxygen atoms in total. The Morgan fingerprint density at radius 1 is 1.12 bits per heavy atom. The number of aliphatic carboxylic acids is 1. The maximum atomic E-state index is 12.6. The lowest BCUT2D eigenvalue weighted by molar-refractivity contribution is -0.149. The number of nitrogens with one attached hydrogen (secondary N) is 1. The summed E-state index contributed by atoms with van der Waals surface area (Å²) in [4.78, 5) is 39.9. The standard InChI is InChI=1S/C18H29N3O4/c1-12(2)15(22)20-8-5-14(6-9-20)19-17(25)21-10-13-4-3-7-18(13,11-21)16(23)24/h12-14H,3-11H2,1-2H3,(H,19,25)(H,23,24)/t13-,18+/m0/s1. The molecule has 3 rings (SSSR count). The molecule has 2 saturated heterocycles. The van der Waals surface area contributed by atoms with Crippen molar-refractivity contribution in [3.63, 3.8) is 0 Å². The van der Waals surface area contributed by atoms with Crippen molar-refractivity contribution >= 4 is 17.9 Å². The van der Waals surface area contributed by atoms with Gasteiger partial charge in [-0.25, -0.2) is 4.79 Å². The van der Waals surface area contributed by atoms with Crippen LogP contribution in [0.4, 0.5) is 4.79 Å². The second-order valence-corrected chi connectivity index (χ2v) is 8.13. The number of rotatable bonds is 3. The summed E-state index contributed by atoms with van der Waals surface area (Å²) in [6.45, 7) is 6.01. The highest BCUT2D eigenvalue weighted by Gasteiger charge is 2.55. The molecular formula is C18H29N3O4. The van der Waals surface area contributed by atoms with E-state index in [1.165, 1.54) is 0 Å². The summed E-state index contributed by atoms with van der Waals surface area (Å²) in [5, 5.41) is 12.7. The zero-order valence-corrected chi connectivity index (χ0v) is 15.2. The van der Waals surface area contributed by atoms with Gasteiger partial charge in [-0.05, 0) is 31.6 Å². The Labute approximate surface area is 148 Å². The second kappa shape index (κ2) is 6.84. The predicted molar refractivity (Wildman–Crippen MR) is 92.0 cm³/mol. The minimum Gasteiger partial charge on any atom is -0.481 e. The molecule has 25 heavy (non-hydrogen) atoms. The van der Waals surface area contributed by atoms with E-state index in [1.807, 2.05) is 18.7 Å². The number of carbonyl (C=O) groups excluding carboxylic acids is 2. The minimum atomic E-state index is -0.759. The third-order valence-corrected chi connectivity index (χ3v) is 6.21. The van der Waals surface area contributed by atoms with Crippen LogP contribution in [0.5, 0.6) is 0 Å². The van der Waals surface area contributed by atoms with E-state index >= 15 is 0 Å². The molecule has 0 unspecified atom stereocenters. The normalized spacial score (nSPS) is 29.8. The van der Waals surface area contributed by atoms with Crippen LogP contribution in [0.1, 0.15) is 46.0 Å². The van der Waals surface area contributed by atoms with E-state index in [4.69, 9.17) is 0 Å². The average Bonchev–Trinajstić information content (AvgIpc) is 3.13. The van der Waals surface area contributed by atoms with Crippen molar-refractivity contribution in [3.05, 3.63) is 0 Å². The number of likely N-dealkylation sites (tertiary alicyclic amines) is 2. The highest BCUT2D eigenvalue weighted by molar-refractivity contribution is 5.81. The Bertz CT molecular complexity index is 557. The van der Waals surface area contributed by atoms with Crippen molar-refractivity contribution in [3.8, 4) is 0 Å². The fourth-order valence-electron chi connectivity index (χ4n) is 4.67. The van der Waals surface area contributed by atoms with Crippen LogP contribution >= 0.6 is 0 Å². The van der Waals surface area contributed by atoms with E-state index in [-0.39, 0.29) is 29.8 Å². The number of urea groups is 1. The number of piperidine rings is 1. The van der Waals surface area contributed by atoms with E-state index in [0.717, 1.165) is 25.7 Å². The van der Waals surface area contributed by atoms with Gasteiger partial charge in [0.1, 0.15) is 0 Å². The molecule has 2 N–H and O–H groups in total. The highest BCUT2D eigenvalue weighted by atomic mass is 16.4. The fraction of sp³-hybridized carbons (Fsp3) is 0.833. The molecule has 2 atom stereocenters. The van der Waals surface area contributed by atoms with Gasteiger partial charge >= 0.3 is 12.0 Å². The molecule has 0 bridgehead atoms. The van der Waals surface area contributed by atoms with Gasteiger partial charge in [0.2, 0.25) is 5.91 Å². The molecule has 0 aromatic rings. The molecule has 0 aromatic carbocycles. The van der Waals surface area contributed by atoms with Crippen LogP contribution in [-0.2, 0) is 9.59 Å². The van der Waals surface area contributed by atoms with Gasteiger partial charge in [0.15, 0.2) is 0 Å². The van der Waals surface area contributed by atoms with Gasteiger partial charge in [-0.1, -0.05) is 20.3 Å². The molecular weight excluding hydrogens is 322 g/mol. The SMILES string of the molecule is CC(C)C(=O)N1CCC(NC(=O)N2C[C@@H]3CCC[C@@]3(C(=O)O)C2)CC1. The summed E-state index contributed by atoms with van der Waals surface area (Å²) in [7, 11) is 0. The summed E-state index contributed by atoms with van der Waals surface area (Å²) < 4.78 is 0. The maximum absolute atomic E-state index is 12.6. The van der Waals surface area contributed by atoms with Crippen LogP contribution in [0.25, 0.3) is 0 Å². The fourth-order valence-corrected chi connectivity index (χ4v) is 4.67. The Morgan fingerprint density at radius 2 is 1.80 bits per heavy atom. The van der Waals surface area contributed by atoms with E-state index in [1.54, 1.807) is 4.90 Å². The molecule has 3 fully saturated rings. The topological polar surface area (TPSA) is 90.0 Å². The zero-order chi connectivity index (χ0) is 18.2. The van der Waals surface area contributed by atoms with Crippen molar-refractivity contribution in [2.75, 3.05) is 26.2 Å². The number of carboxylic acids is 1. The first kappa shape index (κ1) is 18.0. The Morgan fingerprint density at radius 3 is 2.36 bits per heavy atom. The number of carboxylic acid groups (broad SMARTS) is 1. The van der Waals surface area contributed by atoms with Crippen LogP contribution in [0.3, 0.4) is 0 Å². The summed E-state index contributed by atoms with van der Waals surface area (Å²) >= 11 is 0. The maximum Gasteiger partial charge on any atom is 0.317 e. The summed E-state index contributed by atoms with van der Waals surface area (Å²) in [6, 6.07) is -0.0893. The number of fused-ring (bicyclic) bond motifs is 1. The van der Waals surface area contributed by atoms with E-state index in [2.05, 4.69) is 5.32 Å². The Kier molecular flexibility index (Phi) is 4.93. The van der Waals surface area contributed by atoms with E-state index in [9.17, 15) is 19.5 Å². The van der Waals surface area contributed by atoms with Crippen LogP contribution in [-0.4, -0.2) is 65.0 Å². The van der Waals surface area contributed by atoms with Crippen LogP contribution < -0.4 is 5.32 Å². The van der Waals surface area contributed by atoms with Gasteiger partial charge in [-0.3, -0.25) is 9.59 Å². The zero-order valence-electron chi connectivity index (χ0n) is 15.2. The molecule has 7 heteroatoms. The minimum absolute atomic E-state index is 0.00218. The van der Waals surface area contributed by atoms with Crippen molar-refractivity contribution < 1.29 is 19.5 Å². The molecule has 0 aromatic heterocycles. The molecule has 0 radical (unpaired) electrons. The van der Waals surface area contributed by atoms with Crippen LogP contribution in [0.15, 0.2) is 0 Å². The molecule has 3 aliphatic rings. The van der Waals surface area contributed by atoms with Crippen LogP contribution in [0, 0.1) is 17.3 Å². The number of carbonyl (C=O) groups is 3. The molecule has 3 amide bonds. The van der Waals surface area contributed by atoms with Crippen molar-refractivity contribution in [2.45, 2.75) is 52.0 Å². The van der Waals surface area contributed by atoms with Gasteiger partial charge < -0.3 is 20.2 Å². The van der Waals surface area contributed by atoms with Crippen molar-refractivity contribution in [2.24, 2.45) is 17.3 Å². The summed E-state index contributed by atoms with van der Waals surface area (Å²) in [5.41, 5.74) is -0.732. The number of nitrogens with zero attached hydrogens (tertiary/aromatic N) is 2. The summed E-state index contributed by atoms with van der Waals surface area (Å²) in [6.07, 6.45) is 4.02. The first-order valence-electron chi connectivity index (χ1n) is 9.41. The third kappa shape index (κ3) is 3.33. The Balaban J connectivity index is 1.51. The lowest BCUT2D eigenvalue weighted by Crippen LogP contribution is -2.50. The van der Waals surface area contributed by atoms with Crippen LogP contribution in [0.2, 0.25) is 0 Å². The van der Waals surface area contributed by atoms with Gasteiger partial charge in [0, 0.05) is 38.1 Å². The average molecular weight is 351 g/mol. The third-order valence-electron chi connectivity index (χ3n) is 6.21. The summed E-state index contributed by atoms with van der Waals surface area (Å²) in [5.74, 6) is -0.505. The molecule has 140 valence electrons. The number of hydrogen-bond donors (Lipinski definition) is 2. The van der Waals surface area contributed by atoms with Gasteiger partial charge in [-0.2, -0.15) is 0 Å². The molecule has 1 aliphatic carbocycles. The van der Waals surface area contributed by atoms with Gasteiger partial charge in [0.25, 0.3) is 0 Å². The largest absolute Gasteiger partial charge is 0.481 e. The predicted octanol–water partition coefficient (Wildman–Crippen LogP) is 1.53. The highest BCUT2D eigenvalue weighted by Crippen LogP contribution is 2.48. The molecule has 0 spiro atoms. The second-order valence-electron chi connectivity index (χ2n) is 8.13. The lowest BCUT2D eigenvalue weighted by atomic mass is 9.81. The first-order valence-corrected chi connectivity index (χ1v) is 9.41. The monoisotopic (exact) mass is 351 g/mol. The Hall–Kier alpha value is -1.79. The van der Waals surface area contributed by atoms with Crippen molar-refractivity contribution in [1.29, 1.82) is 0 Å². The van der Waals surface area contributed by atoms with E-state index in [0.29, 0.717) is 32.6 Å².